The van der Waals surface area contributed by atoms with E-state index < -0.39 is 0 Å². The Bertz CT molecular complexity index is 664. The summed E-state index contributed by atoms with van der Waals surface area (Å²) in [5, 5.41) is 0. The first kappa shape index (κ1) is 10.8. The maximum Gasteiger partial charge on any atom is 0.238 e. The average Bonchev–Trinajstić information content (AvgIpc) is 3.23. The van der Waals surface area contributed by atoms with Gasteiger partial charge in [-0.05, 0) is 23.6 Å². The number of nitrogens with zero attached hydrogens (tertiary/aromatic N) is 1. The minimum atomic E-state index is -0.301. The molecular formula is C17H15NO. The number of carbonyl (C=O) groups excluding carboxylic acids is 1. The summed E-state index contributed by atoms with van der Waals surface area (Å²) in [6.07, 6.45) is 0.942. The molecule has 2 aromatic carbocycles. The molecule has 0 aromatic heterocycles. The van der Waals surface area contributed by atoms with E-state index in [9.17, 15) is 4.79 Å². The van der Waals surface area contributed by atoms with Gasteiger partial charge in [-0.2, -0.15) is 0 Å². The lowest BCUT2D eigenvalue weighted by Crippen LogP contribution is -2.40. The van der Waals surface area contributed by atoms with Crippen LogP contribution >= 0.6 is 0 Å². The average molecular weight is 249 g/mol. The molecule has 94 valence electrons. The molecule has 4 rings (SSSR count). The highest BCUT2D eigenvalue weighted by Crippen LogP contribution is 2.65. The fraction of sp³-hybridized carbons (Fsp3) is 0.235. The van der Waals surface area contributed by atoms with Crippen molar-refractivity contribution in [3.63, 3.8) is 0 Å². The number of hydrogen-bond acceptors (Lipinski definition) is 1. The highest BCUT2D eigenvalue weighted by Gasteiger charge is 2.65. The van der Waals surface area contributed by atoms with Crippen LogP contribution < -0.4 is 4.90 Å². The molecule has 2 nitrogen and oxygen atoms in total. The van der Waals surface area contributed by atoms with Crippen molar-refractivity contribution in [2.45, 2.75) is 17.8 Å². The summed E-state index contributed by atoms with van der Waals surface area (Å²) in [5.41, 5.74) is 3.24. The van der Waals surface area contributed by atoms with Gasteiger partial charge in [0.2, 0.25) is 5.91 Å². The first-order valence-corrected chi connectivity index (χ1v) is 6.68. The maximum absolute atomic E-state index is 12.8. The number of amides is 1. The zero-order valence-electron chi connectivity index (χ0n) is 10.8. The van der Waals surface area contributed by atoms with Gasteiger partial charge in [0.05, 0.1) is 5.41 Å². The zero-order valence-corrected chi connectivity index (χ0v) is 10.8. The van der Waals surface area contributed by atoms with Gasteiger partial charge in [-0.15, -0.1) is 0 Å². The molecule has 2 heteroatoms. The monoisotopic (exact) mass is 249 g/mol. The first-order chi connectivity index (χ1) is 9.25. The van der Waals surface area contributed by atoms with E-state index in [1.165, 1.54) is 5.56 Å². The summed E-state index contributed by atoms with van der Waals surface area (Å²) in [4.78, 5) is 14.6. The second kappa shape index (κ2) is 3.47. The molecule has 0 saturated heterocycles. The molecule has 1 fully saturated rings. The molecule has 0 spiro atoms. The summed E-state index contributed by atoms with van der Waals surface area (Å²) in [6.45, 7) is 0. The Balaban J connectivity index is 1.90. The quantitative estimate of drug-likeness (QED) is 0.760. The summed E-state index contributed by atoms with van der Waals surface area (Å²) in [6, 6.07) is 18.5. The third kappa shape index (κ3) is 1.24. The van der Waals surface area contributed by atoms with Crippen molar-refractivity contribution in [1.82, 2.24) is 0 Å². The van der Waals surface area contributed by atoms with Gasteiger partial charge in [-0.1, -0.05) is 48.5 Å². The van der Waals surface area contributed by atoms with Crippen LogP contribution in [0, 0.1) is 0 Å². The van der Waals surface area contributed by atoms with E-state index in [1.807, 2.05) is 42.3 Å². The fourth-order valence-corrected chi connectivity index (χ4v) is 3.55. The van der Waals surface area contributed by atoms with Crippen molar-refractivity contribution in [3.05, 3.63) is 65.7 Å². The van der Waals surface area contributed by atoms with Crippen LogP contribution in [0.4, 0.5) is 5.69 Å². The van der Waals surface area contributed by atoms with Gasteiger partial charge in [-0.3, -0.25) is 4.79 Å². The van der Waals surface area contributed by atoms with E-state index in [2.05, 4.69) is 24.3 Å². The number of para-hydroxylation sites is 1. The number of likely N-dealkylation sites (N-methyl/N-ethyl adjacent to an activating group) is 1. The molecule has 1 heterocycles. The Morgan fingerprint density at radius 3 is 2.53 bits per heavy atom. The standard InChI is InChI=1S/C17H15NO/c1-18-15-10-6-5-9-13(15)14-11-17(14,16(18)19)12-7-3-2-4-8-12/h2-10,14H,11H2,1H3/t14-,17+/m1/s1. The molecule has 1 aliphatic carbocycles. The Kier molecular flexibility index (Phi) is 1.97. The van der Waals surface area contributed by atoms with Crippen LogP contribution in [0.15, 0.2) is 54.6 Å². The van der Waals surface area contributed by atoms with Crippen LogP contribution in [0.1, 0.15) is 23.5 Å². The van der Waals surface area contributed by atoms with Crippen LogP contribution in [-0.4, -0.2) is 13.0 Å². The number of benzene rings is 2. The Hall–Kier alpha value is -2.09. The third-order valence-corrected chi connectivity index (χ3v) is 4.61. The van der Waals surface area contributed by atoms with Crippen molar-refractivity contribution < 1.29 is 4.79 Å². The fourth-order valence-electron chi connectivity index (χ4n) is 3.55. The van der Waals surface area contributed by atoms with E-state index in [-0.39, 0.29) is 11.3 Å². The largest absolute Gasteiger partial charge is 0.314 e. The van der Waals surface area contributed by atoms with Gasteiger partial charge in [-0.25, -0.2) is 0 Å². The lowest BCUT2D eigenvalue weighted by molar-refractivity contribution is -0.121. The van der Waals surface area contributed by atoms with Crippen LogP contribution in [0.2, 0.25) is 0 Å². The van der Waals surface area contributed by atoms with E-state index in [4.69, 9.17) is 0 Å². The second-order valence-corrected chi connectivity index (χ2v) is 5.52. The van der Waals surface area contributed by atoms with Gasteiger partial charge in [0.15, 0.2) is 0 Å². The number of fused-ring (bicyclic) bond motifs is 3. The van der Waals surface area contributed by atoms with Gasteiger partial charge in [0.1, 0.15) is 0 Å². The topological polar surface area (TPSA) is 20.3 Å². The lowest BCUT2D eigenvalue weighted by atomic mass is 9.86. The summed E-state index contributed by atoms with van der Waals surface area (Å²) in [5.74, 6) is 0.595. The third-order valence-electron chi connectivity index (χ3n) is 4.61. The van der Waals surface area contributed by atoms with Crippen LogP contribution in [0.3, 0.4) is 0 Å². The predicted octanol–water partition coefficient (Wildman–Crippen LogP) is 3.09. The van der Waals surface area contributed by atoms with Crippen molar-refractivity contribution in [1.29, 1.82) is 0 Å². The van der Waals surface area contributed by atoms with Crippen molar-refractivity contribution in [2.24, 2.45) is 0 Å². The minimum Gasteiger partial charge on any atom is -0.314 e. The first-order valence-electron chi connectivity index (χ1n) is 6.68. The highest BCUT2D eigenvalue weighted by atomic mass is 16.2. The van der Waals surface area contributed by atoms with Crippen molar-refractivity contribution in [3.8, 4) is 0 Å². The van der Waals surface area contributed by atoms with E-state index in [1.54, 1.807) is 0 Å². The molecule has 2 aromatic rings. The van der Waals surface area contributed by atoms with Gasteiger partial charge < -0.3 is 4.90 Å². The lowest BCUT2D eigenvalue weighted by Gasteiger charge is -2.31. The van der Waals surface area contributed by atoms with Gasteiger partial charge in [0.25, 0.3) is 0 Å². The second-order valence-electron chi connectivity index (χ2n) is 5.52. The molecule has 1 saturated carbocycles. The number of anilines is 1. The predicted molar refractivity (Wildman–Crippen MR) is 75.3 cm³/mol. The molecular weight excluding hydrogens is 234 g/mol. The molecule has 0 N–H and O–H groups in total. The SMILES string of the molecule is CN1C(=O)[C@]2(c3ccccc3)C[C@@H]2c2ccccc21. The number of hydrogen-bond donors (Lipinski definition) is 0. The van der Waals surface area contributed by atoms with Crippen LogP contribution in [0.5, 0.6) is 0 Å². The van der Waals surface area contributed by atoms with Crippen molar-refractivity contribution >= 4 is 11.6 Å². The van der Waals surface area contributed by atoms with E-state index in [0.29, 0.717) is 5.92 Å². The summed E-state index contributed by atoms with van der Waals surface area (Å²) < 4.78 is 0. The Morgan fingerprint density at radius 2 is 1.74 bits per heavy atom. The molecule has 0 radical (unpaired) electrons. The van der Waals surface area contributed by atoms with Crippen LogP contribution in [-0.2, 0) is 10.2 Å². The molecule has 2 aliphatic rings. The zero-order chi connectivity index (χ0) is 13.0. The molecule has 1 amide bonds. The Morgan fingerprint density at radius 1 is 1.05 bits per heavy atom. The van der Waals surface area contributed by atoms with Gasteiger partial charge in [0, 0.05) is 18.7 Å². The van der Waals surface area contributed by atoms with Crippen LogP contribution in [0.25, 0.3) is 0 Å². The van der Waals surface area contributed by atoms with Crippen molar-refractivity contribution in [2.75, 3.05) is 11.9 Å². The number of carbonyl (C=O) groups is 1. The molecule has 2 atom stereocenters. The summed E-state index contributed by atoms with van der Waals surface area (Å²) in [7, 11) is 1.89. The Labute approximate surface area is 112 Å². The molecule has 19 heavy (non-hydrogen) atoms. The highest BCUT2D eigenvalue weighted by molar-refractivity contribution is 6.07. The van der Waals surface area contributed by atoms with E-state index in [0.717, 1.165) is 17.7 Å². The maximum atomic E-state index is 12.8. The smallest absolute Gasteiger partial charge is 0.238 e. The molecule has 0 unspecified atom stereocenters. The van der Waals surface area contributed by atoms with Gasteiger partial charge >= 0.3 is 0 Å². The molecule has 0 bridgehead atoms. The molecule has 1 aliphatic heterocycles. The van der Waals surface area contributed by atoms with E-state index >= 15 is 0 Å². The number of rotatable bonds is 1. The summed E-state index contributed by atoms with van der Waals surface area (Å²) >= 11 is 0. The normalized spacial score (nSPS) is 27.7. The minimum absolute atomic E-state index is 0.238.